The van der Waals surface area contributed by atoms with Crippen LogP contribution in [0.4, 0.5) is 28.4 Å². The number of nitrogens with zero attached hydrogens (tertiary/aromatic N) is 6. The number of para-hydroxylation sites is 3. The Bertz CT molecular complexity index is 3160. The zero-order valence-corrected chi connectivity index (χ0v) is 34.1. The SMILES string of the molecule is N#Cc1ccc(N(C2=CC3c4ccccc4N(c4ccccc4)C3C=C2)C2=CC=C(N(c3ccc(C#N)cc3)c3ccc4c(c3)c3ccccc3n4C3=CC=CCC3)CC2)cc1. The van der Waals surface area contributed by atoms with Crippen LogP contribution in [0.2, 0.25) is 0 Å². The van der Waals surface area contributed by atoms with Crippen LogP contribution in [0, 0.1) is 22.7 Å². The highest BCUT2D eigenvalue weighted by Crippen LogP contribution is 2.49. The number of nitriles is 2. The molecule has 0 radical (unpaired) electrons. The fraction of sp³-hybridized carbons (Fsp3) is 0.107. The number of benzene rings is 6. The van der Waals surface area contributed by atoms with Crippen molar-refractivity contribution in [3.63, 3.8) is 0 Å². The molecule has 0 fully saturated rings. The zero-order chi connectivity index (χ0) is 41.6. The fourth-order valence-corrected chi connectivity index (χ4v) is 9.88. The minimum atomic E-state index is 0.150. The summed E-state index contributed by atoms with van der Waals surface area (Å²) in [5, 5.41) is 21.9. The average Bonchev–Trinajstić information content (AvgIpc) is 3.85. The first kappa shape index (κ1) is 37.0. The summed E-state index contributed by atoms with van der Waals surface area (Å²) in [5.74, 6) is 0.154. The van der Waals surface area contributed by atoms with Crippen LogP contribution in [0.1, 0.15) is 48.3 Å². The highest BCUT2D eigenvalue weighted by atomic mass is 15.2. The molecular weight excluding hydrogens is 757 g/mol. The summed E-state index contributed by atoms with van der Waals surface area (Å²) in [6.07, 6.45) is 21.8. The number of aromatic nitrogens is 1. The molecule has 6 heteroatoms. The van der Waals surface area contributed by atoms with Gasteiger partial charge in [0, 0.05) is 67.9 Å². The number of rotatable bonds is 8. The van der Waals surface area contributed by atoms with Crippen molar-refractivity contribution in [2.24, 2.45) is 0 Å². The van der Waals surface area contributed by atoms with Gasteiger partial charge in [-0.1, -0.05) is 78.9 Å². The quantitative estimate of drug-likeness (QED) is 0.153. The predicted molar refractivity (Wildman–Crippen MR) is 253 cm³/mol. The zero-order valence-electron chi connectivity index (χ0n) is 34.1. The molecule has 6 nitrogen and oxygen atoms in total. The first-order chi connectivity index (χ1) is 30.7. The van der Waals surface area contributed by atoms with Crippen molar-refractivity contribution in [1.29, 1.82) is 10.5 Å². The Morgan fingerprint density at radius 2 is 1.23 bits per heavy atom. The van der Waals surface area contributed by atoms with E-state index in [-0.39, 0.29) is 12.0 Å². The molecule has 2 atom stereocenters. The van der Waals surface area contributed by atoms with Gasteiger partial charge in [-0.15, -0.1) is 0 Å². The van der Waals surface area contributed by atoms with Crippen LogP contribution >= 0.6 is 0 Å². The van der Waals surface area contributed by atoms with Gasteiger partial charge in [-0.25, -0.2) is 0 Å². The standard InChI is InChI=1S/C56H42N6/c57-37-39-19-23-43(24-20-39)59(47-31-33-55-51(35-47)49-15-7-9-17-53(49)61(55)41-11-3-1-4-12-41)45-27-29-46(30-28-45)60(44-25-21-40(38-58)22-26-44)48-32-34-56-52(36-48)50-16-8-10-18-54(50)62(56)42-13-5-2-6-14-42/h1-5,7-13,15-27,29,31-36,51,55H,6,14,28,30H2. The smallest absolute Gasteiger partial charge is 0.0991 e. The Morgan fingerprint density at radius 1 is 0.581 bits per heavy atom. The Morgan fingerprint density at radius 3 is 1.94 bits per heavy atom. The Labute approximate surface area is 362 Å². The van der Waals surface area contributed by atoms with E-state index in [2.05, 4.69) is 201 Å². The van der Waals surface area contributed by atoms with Crippen LogP contribution in [0.5, 0.6) is 0 Å². The van der Waals surface area contributed by atoms with Crippen molar-refractivity contribution in [2.75, 3.05) is 14.7 Å². The molecule has 6 aromatic carbocycles. The third-order valence-electron chi connectivity index (χ3n) is 12.7. The summed E-state index contributed by atoms with van der Waals surface area (Å²) in [5.41, 5.74) is 15.3. The van der Waals surface area contributed by atoms with E-state index < -0.39 is 0 Å². The first-order valence-electron chi connectivity index (χ1n) is 21.4. The Balaban J connectivity index is 1.01. The molecule has 3 aliphatic carbocycles. The summed E-state index contributed by atoms with van der Waals surface area (Å²) < 4.78 is 2.43. The van der Waals surface area contributed by atoms with Gasteiger partial charge in [0.15, 0.2) is 0 Å². The van der Waals surface area contributed by atoms with E-state index in [9.17, 15) is 10.5 Å². The van der Waals surface area contributed by atoms with Crippen LogP contribution < -0.4 is 14.7 Å². The average molecular weight is 799 g/mol. The summed E-state index contributed by atoms with van der Waals surface area (Å²) in [4.78, 5) is 7.19. The Kier molecular flexibility index (Phi) is 9.25. The van der Waals surface area contributed by atoms with Gasteiger partial charge in [-0.05, 0) is 147 Å². The number of anilines is 5. The molecule has 0 bridgehead atoms. The molecule has 62 heavy (non-hydrogen) atoms. The monoisotopic (exact) mass is 798 g/mol. The van der Waals surface area contributed by atoms with Crippen molar-refractivity contribution in [3.05, 3.63) is 228 Å². The molecular formula is C56H42N6. The summed E-state index contributed by atoms with van der Waals surface area (Å²) in [7, 11) is 0. The molecule has 4 aliphatic rings. The Hall–Kier alpha value is -8.06. The van der Waals surface area contributed by atoms with Gasteiger partial charge >= 0.3 is 0 Å². The molecule has 0 N–H and O–H groups in total. The van der Waals surface area contributed by atoms with Gasteiger partial charge in [0.1, 0.15) is 0 Å². The van der Waals surface area contributed by atoms with E-state index in [1.807, 2.05) is 24.3 Å². The van der Waals surface area contributed by atoms with Crippen molar-refractivity contribution < 1.29 is 0 Å². The molecule has 0 saturated heterocycles. The maximum Gasteiger partial charge on any atom is 0.0991 e. The fourth-order valence-electron chi connectivity index (χ4n) is 9.88. The summed E-state index contributed by atoms with van der Waals surface area (Å²) in [6.45, 7) is 0. The molecule has 0 spiro atoms. The number of hydrogen-bond acceptors (Lipinski definition) is 5. The van der Waals surface area contributed by atoms with E-state index in [1.54, 1.807) is 0 Å². The van der Waals surface area contributed by atoms with E-state index in [0.717, 1.165) is 54.1 Å². The van der Waals surface area contributed by atoms with Gasteiger partial charge in [0.25, 0.3) is 0 Å². The first-order valence-corrected chi connectivity index (χ1v) is 21.4. The lowest BCUT2D eigenvalue weighted by Crippen LogP contribution is -2.32. The van der Waals surface area contributed by atoms with E-state index in [0.29, 0.717) is 11.1 Å². The number of allylic oxidation sites excluding steroid dienone is 9. The van der Waals surface area contributed by atoms with Crippen molar-refractivity contribution in [3.8, 4) is 12.1 Å². The van der Waals surface area contributed by atoms with Crippen molar-refractivity contribution in [2.45, 2.75) is 37.6 Å². The van der Waals surface area contributed by atoms with Crippen LogP contribution in [0.3, 0.4) is 0 Å². The van der Waals surface area contributed by atoms with Crippen molar-refractivity contribution >= 4 is 55.9 Å². The van der Waals surface area contributed by atoms with Crippen LogP contribution in [0.15, 0.2) is 211 Å². The van der Waals surface area contributed by atoms with Crippen LogP contribution in [-0.2, 0) is 0 Å². The maximum absolute atomic E-state index is 9.71. The van der Waals surface area contributed by atoms with Gasteiger partial charge < -0.3 is 19.3 Å². The molecule has 296 valence electrons. The molecule has 1 aromatic heterocycles. The van der Waals surface area contributed by atoms with Gasteiger partial charge in [0.2, 0.25) is 0 Å². The summed E-state index contributed by atoms with van der Waals surface area (Å²) in [6, 6.07) is 55.6. The minimum absolute atomic E-state index is 0.150. The third-order valence-corrected chi connectivity index (χ3v) is 12.7. The normalized spacial score (nSPS) is 17.6. The van der Waals surface area contributed by atoms with Gasteiger partial charge in [-0.2, -0.15) is 10.5 Å². The lowest BCUT2D eigenvalue weighted by molar-refractivity contribution is 0.731. The third kappa shape index (κ3) is 6.33. The molecule has 0 amide bonds. The second-order valence-corrected chi connectivity index (χ2v) is 16.2. The molecule has 11 rings (SSSR count). The molecule has 1 aliphatic heterocycles. The molecule has 2 unspecified atom stereocenters. The molecule has 2 heterocycles. The second-order valence-electron chi connectivity index (χ2n) is 16.2. The molecule has 0 saturated carbocycles. The van der Waals surface area contributed by atoms with Crippen LogP contribution in [0.25, 0.3) is 27.5 Å². The number of hydrogen-bond donors (Lipinski definition) is 0. The van der Waals surface area contributed by atoms with Gasteiger partial charge in [0.05, 0.1) is 40.3 Å². The lowest BCUT2D eigenvalue weighted by atomic mass is 9.89. The minimum Gasteiger partial charge on any atom is -0.333 e. The highest BCUT2D eigenvalue weighted by molar-refractivity contribution is 6.11. The predicted octanol–water partition coefficient (Wildman–Crippen LogP) is 13.7. The summed E-state index contributed by atoms with van der Waals surface area (Å²) >= 11 is 0. The molecule has 7 aromatic rings. The lowest BCUT2D eigenvalue weighted by Gasteiger charge is -2.36. The van der Waals surface area contributed by atoms with Crippen LogP contribution in [-0.4, -0.2) is 10.6 Å². The highest BCUT2D eigenvalue weighted by Gasteiger charge is 2.39. The topological polar surface area (TPSA) is 62.2 Å². The van der Waals surface area contributed by atoms with Gasteiger partial charge in [-0.3, -0.25) is 0 Å². The van der Waals surface area contributed by atoms with E-state index >= 15 is 0 Å². The van der Waals surface area contributed by atoms with Crippen molar-refractivity contribution in [1.82, 2.24) is 4.57 Å². The maximum atomic E-state index is 9.71. The largest absolute Gasteiger partial charge is 0.333 e. The van der Waals surface area contributed by atoms with E-state index in [1.165, 1.54) is 50.1 Å². The number of fused-ring (bicyclic) bond motifs is 6. The second kappa shape index (κ2) is 15.5. The van der Waals surface area contributed by atoms with E-state index in [4.69, 9.17) is 0 Å².